The van der Waals surface area contributed by atoms with E-state index in [9.17, 15) is 0 Å². The second kappa shape index (κ2) is 14.9. The third kappa shape index (κ3) is 6.46. The van der Waals surface area contributed by atoms with Gasteiger partial charge in [-0.15, -0.1) is 0 Å². The highest BCUT2D eigenvalue weighted by Crippen LogP contribution is 2.56. The fourth-order valence-corrected chi connectivity index (χ4v) is 11.9. The molecule has 0 saturated heterocycles. The third-order valence-electron chi connectivity index (χ3n) is 15.0. The molecule has 0 aliphatic heterocycles. The first kappa shape index (κ1) is 36.4. The van der Waals surface area contributed by atoms with Crippen molar-refractivity contribution in [2.45, 2.75) is 88.9 Å². The molecule has 0 heterocycles. The van der Waals surface area contributed by atoms with Crippen molar-refractivity contribution in [2.75, 3.05) is 4.90 Å². The molecule has 0 amide bonds. The highest BCUT2D eigenvalue weighted by atomic mass is 15.1. The van der Waals surface area contributed by atoms with Gasteiger partial charge in [-0.05, 0) is 165 Å². The van der Waals surface area contributed by atoms with E-state index in [1.165, 1.54) is 142 Å². The molecule has 11 rings (SSSR count). The summed E-state index contributed by atoms with van der Waals surface area (Å²) in [7, 11) is 0. The second-order valence-electron chi connectivity index (χ2n) is 18.7. The zero-order chi connectivity index (χ0) is 39.5. The first-order valence-electron chi connectivity index (χ1n) is 22.5. The molecule has 292 valence electrons. The maximum absolute atomic E-state index is 2.53. The SMILES string of the molecule is CC1(C)c2cc(-c3ccccc3)ccc2-c2c(-c3ccccc3)cc(N(c3ccc(-c4ccccc4C4CCCCC4)cc3)c3ccc(C4CC5CCC4C5)cc3)cc21. The number of rotatable bonds is 8. The number of nitrogens with zero attached hydrogens (tertiary/aromatic N) is 1. The van der Waals surface area contributed by atoms with E-state index in [-0.39, 0.29) is 5.41 Å². The Morgan fingerprint density at radius 3 is 1.80 bits per heavy atom. The van der Waals surface area contributed by atoms with Crippen molar-refractivity contribution in [1.29, 1.82) is 0 Å². The summed E-state index contributed by atoms with van der Waals surface area (Å²) < 4.78 is 0. The summed E-state index contributed by atoms with van der Waals surface area (Å²) in [6.07, 6.45) is 12.3. The molecule has 3 unspecified atom stereocenters. The van der Waals surface area contributed by atoms with Crippen LogP contribution in [0.2, 0.25) is 0 Å². The van der Waals surface area contributed by atoms with Gasteiger partial charge in [-0.1, -0.05) is 161 Å². The van der Waals surface area contributed by atoms with Crippen molar-refractivity contribution in [3.63, 3.8) is 0 Å². The van der Waals surface area contributed by atoms with Crippen LogP contribution in [0, 0.1) is 11.8 Å². The van der Waals surface area contributed by atoms with Gasteiger partial charge in [0.15, 0.2) is 0 Å². The van der Waals surface area contributed by atoms with E-state index in [4.69, 9.17) is 0 Å². The summed E-state index contributed by atoms with van der Waals surface area (Å²) in [5.74, 6) is 3.16. The smallest absolute Gasteiger partial charge is 0.0471 e. The van der Waals surface area contributed by atoms with E-state index < -0.39 is 0 Å². The molecule has 2 bridgehead atoms. The van der Waals surface area contributed by atoms with Gasteiger partial charge in [0.25, 0.3) is 0 Å². The van der Waals surface area contributed by atoms with Crippen molar-refractivity contribution in [3.8, 4) is 44.5 Å². The van der Waals surface area contributed by atoms with Crippen LogP contribution >= 0.6 is 0 Å². The van der Waals surface area contributed by atoms with E-state index in [2.05, 4.69) is 183 Å². The predicted octanol–water partition coefficient (Wildman–Crippen LogP) is 16.4. The Bertz CT molecular complexity index is 2610. The largest absolute Gasteiger partial charge is 0.310 e. The monoisotopic (exact) mass is 765 g/mol. The molecular weight excluding hydrogens is 711 g/mol. The quantitative estimate of drug-likeness (QED) is 0.149. The molecule has 1 heteroatoms. The number of hydrogen-bond acceptors (Lipinski definition) is 1. The van der Waals surface area contributed by atoms with Crippen LogP contribution in [0.25, 0.3) is 44.5 Å². The lowest BCUT2D eigenvalue weighted by Gasteiger charge is -2.30. The van der Waals surface area contributed by atoms with Gasteiger partial charge in [-0.25, -0.2) is 0 Å². The summed E-state index contributed by atoms with van der Waals surface area (Å²) in [5, 5.41) is 0. The van der Waals surface area contributed by atoms with Crippen LogP contribution in [0.1, 0.15) is 106 Å². The molecule has 3 saturated carbocycles. The Morgan fingerprint density at radius 2 is 1.10 bits per heavy atom. The van der Waals surface area contributed by atoms with Crippen molar-refractivity contribution >= 4 is 17.1 Å². The zero-order valence-electron chi connectivity index (χ0n) is 34.7. The van der Waals surface area contributed by atoms with Crippen LogP contribution in [-0.2, 0) is 5.41 Å². The summed E-state index contributed by atoms with van der Waals surface area (Å²) in [6, 6.07) is 62.5. The van der Waals surface area contributed by atoms with Crippen LogP contribution in [0.3, 0.4) is 0 Å². The van der Waals surface area contributed by atoms with Crippen LogP contribution < -0.4 is 4.90 Å². The zero-order valence-corrected chi connectivity index (χ0v) is 34.7. The van der Waals surface area contributed by atoms with Crippen LogP contribution in [0.4, 0.5) is 17.1 Å². The summed E-state index contributed by atoms with van der Waals surface area (Å²) in [6.45, 7) is 4.86. The molecule has 0 spiro atoms. The maximum atomic E-state index is 2.53. The van der Waals surface area contributed by atoms with Crippen molar-refractivity contribution in [1.82, 2.24) is 0 Å². The Labute approximate surface area is 351 Å². The van der Waals surface area contributed by atoms with Gasteiger partial charge in [-0.3, -0.25) is 0 Å². The summed E-state index contributed by atoms with van der Waals surface area (Å²) in [5.41, 5.74) is 19.7. The molecule has 59 heavy (non-hydrogen) atoms. The highest BCUT2D eigenvalue weighted by molar-refractivity contribution is 5.97. The molecule has 0 aromatic heterocycles. The minimum atomic E-state index is -0.195. The van der Waals surface area contributed by atoms with Crippen molar-refractivity contribution in [3.05, 3.63) is 186 Å². The van der Waals surface area contributed by atoms with Gasteiger partial charge in [0, 0.05) is 22.5 Å². The Hall–Kier alpha value is -5.66. The molecular formula is C58H55N. The average Bonchev–Trinajstić information content (AvgIpc) is 4.00. The molecule has 4 aliphatic carbocycles. The first-order valence-corrected chi connectivity index (χ1v) is 22.5. The number of hydrogen-bond donors (Lipinski definition) is 0. The van der Waals surface area contributed by atoms with Gasteiger partial charge in [0.05, 0.1) is 0 Å². The molecule has 0 radical (unpaired) electrons. The van der Waals surface area contributed by atoms with Gasteiger partial charge < -0.3 is 4.90 Å². The molecule has 4 aliphatic rings. The Morgan fingerprint density at radius 1 is 0.458 bits per heavy atom. The van der Waals surface area contributed by atoms with E-state index in [1.807, 2.05) is 0 Å². The van der Waals surface area contributed by atoms with E-state index in [0.717, 1.165) is 11.8 Å². The topological polar surface area (TPSA) is 3.24 Å². The normalized spacial score (nSPS) is 20.3. The Kier molecular flexibility index (Phi) is 9.18. The molecule has 7 aromatic rings. The fraction of sp³-hybridized carbons (Fsp3) is 0.276. The lowest BCUT2D eigenvalue weighted by molar-refractivity contribution is 0.420. The number of benzene rings is 7. The minimum absolute atomic E-state index is 0.195. The van der Waals surface area contributed by atoms with Crippen LogP contribution in [0.5, 0.6) is 0 Å². The van der Waals surface area contributed by atoms with Crippen LogP contribution in [0.15, 0.2) is 164 Å². The fourth-order valence-electron chi connectivity index (χ4n) is 11.9. The van der Waals surface area contributed by atoms with Crippen molar-refractivity contribution < 1.29 is 0 Å². The van der Waals surface area contributed by atoms with Gasteiger partial charge in [0.1, 0.15) is 0 Å². The standard InChI is InChI=1S/C58H55N/c1-58(2)55-36-45(40-14-6-3-7-15-40)28-33-52(55)57-54(42-18-10-5-11-19-42)37-49(38-56(57)58)59(48-31-26-44(27-32-48)53-35-39-22-23-46(53)34-39)47-29-24-43(25-30-47)51-21-13-12-20-50(51)41-16-8-4-9-17-41/h3,5-7,10-15,18-21,24-33,36-39,41,46,53H,4,8-9,16-17,22-23,34-35H2,1-2H3. The van der Waals surface area contributed by atoms with Gasteiger partial charge in [-0.2, -0.15) is 0 Å². The molecule has 1 nitrogen and oxygen atoms in total. The summed E-state index contributed by atoms with van der Waals surface area (Å²) >= 11 is 0. The van der Waals surface area contributed by atoms with Crippen LogP contribution in [-0.4, -0.2) is 0 Å². The Balaban J connectivity index is 1.06. The van der Waals surface area contributed by atoms with Crippen molar-refractivity contribution in [2.24, 2.45) is 11.8 Å². The lowest BCUT2D eigenvalue weighted by Crippen LogP contribution is -2.17. The molecule has 0 N–H and O–H groups in total. The highest BCUT2D eigenvalue weighted by Gasteiger charge is 2.41. The molecule has 7 aromatic carbocycles. The maximum Gasteiger partial charge on any atom is 0.0471 e. The van der Waals surface area contributed by atoms with E-state index >= 15 is 0 Å². The molecule has 3 atom stereocenters. The average molecular weight is 766 g/mol. The molecule has 3 fully saturated rings. The third-order valence-corrected chi connectivity index (χ3v) is 15.0. The van der Waals surface area contributed by atoms with Gasteiger partial charge in [0.2, 0.25) is 0 Å². The second-order valence-corrected chi connectivity index (χ2v) is 18.7. The van der Waals surface area contributed by atoms with E-state index in [0.29, 0.717) is 11.8 Å². The lowest BCUT2D eigenvalue weighted by atomic mass is 9.80. The summed E-state index contributed by atoms with van der Waals surface area (Å²) in [4.78, 5) is 2.53. The number of fused-ring (bicyclic) bond motifs is 5. The first-order chi connectivity index (χ1) is 29.0. The predicted molar refractivity (Wildman–Crippen MR) is 249 cm³/mol. The number of anilines is 3. The van der Waals surface area contributed by atoms with Gasteiger partial charge >= 0.3 is 0 Å². The van der Waals surface area contributed by atoms with E-state index in [1.54, 1.807) is 0 Å². The minimum Gasteiger partial charge on any atom is -0.310 e.